The molecule has 0 fully saturated rings. The molecule has 134 valence electrons. The maximum absolute atomic E-state index is 13.1. The Morgan fingerprint density at radius 1 is 1.12 bits per heavy atom. The van der Waals surface area contributed by atoms with Crippen LogP contribution in [0.15, 0.2) is 28.8 Å². The van der Waals surface area contributed by atoms with Crippen LogP contribution in [0.25, 0.3) is 22.6 Å². The molecule has 0 saturated heterocycles. The van der Waals surface area contributed by atoms with Crippen molar-refractivity contribution in [2.45, 2.75) is 0 Å². The van der Waals surface area contributed by atoms with E-state index in [9.17, 15) is 29.8 Å². The van der Waals surface area contributed by atoms with Gasteiger partial charge in [0.1, 0.15) is 10.7 Å². The fourth-order valence-electron chi connectivity index (χ4n) is 2.24. The highest BCUT2D eigenvalue weighted by Gasteiger charge is 2.32. The molecule has 1 heterocycles. The molecule has 0 spiro atoms. The lowest BCUT2D eigenvalue weighted by Crippen LogP contribution is -1.93. The average Bonchev–Trinajstić information content (AvgIpc) is 3.05. The highest BCUT2D eigenvalue weighted by atomic mass is 35.5. The largest absolute Gasteiger partial charge is 0.505 e. The quantitative estimate of drug-likeness (QED) is 0.335. The van der Waals surface area contributed by atoms with Gasteiger partial charge in [-0.25, -0.2) is 4.39 Å². The molecule has 8 nitrogen and oxygen atoms in total. The summed E-state index contributed by atoms with van der Waals surface area (Å²) < 4.78 is 18.2. The van der Waals surface area contributed by atoms with E-state index < -0.39 is 43.7 Å². The smallest absolute Gasteiger partial charge is 0.333 e. The van der Waals surface area contributed by atoms with Gasteiger partial charge >= 0.3 is 5.69 Å². The molecule has 0 aliphatic rings. The first-order valence-corrected chi connectivity index (χ1v) is 7.51. The summed E-state index contributed by atoms with van der Waals surface area (Å²) in [5.41, 5.74) is -0.803. The third kappa shape index (κ3) is 2.76. The molecule has 1 aromatic heterocycles. The molecule has 0 saturated carbocycles. The lowest BCUT2D eigenvalue weighted by atomic mass is 10.1. The van der Waals surface area contributed by atoms with Crippen molar-refractivity contribution in [1.29, 1.82) is 0 Å². The van der Waals surface area contributed by atoms with Crippen LogP contribution in [0.1, 0.15) is 0 Å². The second kappa shape index (κ2) is 6.36. The van der Waals surface area contributed by atoms with Crippen LogP contribution in [0.5, 0.6) is 17.2 Å². The number of halogens is 3. The molecule has 11 heteroatoms. The second-order valence-electron chi connectivity index (χ2n) is 5.05. The number of rotatable bonds is 3. The van der Waals surface area contributed by atoms with Gasteiger partial charge in [0.2, 0.25) is 5.75 Å². The summed E-state index contributed by atoms with van der Waals surface area (Å²) in [5, 5.41) is 42.6. The van der Waals surface area contributed by atoms with Crippen LogP contribution in [-0.2, 0) is 0 Å². The van der Waals surface area contributed by atoms with Crippen molar-refractivity contribution in [3.05, 3.63) is 50.2 Å². The highest BCUT2D eigenvalue weighted by molar-refractivity contribution is 6.41. The first-order chi connectivity index (χ1) is 12.2. The van der Waals surface area contributed by atoms with Crippen LogP contribution in [0, 0.1) is 15.9 Å². The van der Waals surface area contributed by atoms with Gasteiger partial charge in [-0.3, -0.25) is 10.1 Å². The minimum absolute atomic E-state index is 0.137. The minimum Gasteiger partial charge on any atom is -0.505 e. The van der Waals surface area contributed by atoms with E-state index >= 15 is 0 Å². The number of phenols is 3. The summed E-state index contributed by atoms with van der Waals surface area (Å²) >= 11 is 11.9. The molecule has 0 bridgehead atoms. The normalized spacial score (nSPS) is 10.9. The third-order valence-corrected chi connectivity index (χ3v) is 4.22. The summed E-state index contributed by atoms with van der Waals surface area (Å²) in [6, 6.07) is 4.68. The predicted molar refractivity (Wildman–Crippen MR) is 89.0 cm³/mol. The van der Waals surface area contributed by atoms with E-state index in [-0.39, 0.29) is 22.6 Å². The van der Waals surface area contributed by atoms with E-state index in [2.05, 4.69) is 5.16 Å². The van der Waals surface area contributed by atoms with Gasteiger partial charge in [0, 0.05) is 11.6 Å². The Hall–Kier alpha value is -3.04. The van der Waals surface area contributed by atoms with Gasteiger partial charge in [0.05, 0.1) is 15.5 Å². The van der Waals surface area contributed by atoms with Gasteiger partial charge in [0.25, 0.3) is 0 Å². The van der Waals surface area contributed by atoms with Crippen LogP contribution in [0.4, 0.5) is 10.1 Å². The molecule has 3 aromatic rings. The molecule has 0 atom stereocenters. The predicted octanol–water partition coefficient (Wildman–Crippen LogP) is 4.48. The van der Waals surface area contributed by atoms with Crippen molar-refractivity contribution >= 4 is 28.9 Å². The fourth-order valence-corrected chi connectivity index (χ4v) is 2.91. The molecule has 3 rings (SSSR count). The summed E-state index contributed by atoms with van der Waals surface area (Å²) in [6.45, 7) is 0. The number of hydrogen-bond acceptors (Lipinski definition) is 7. The Kier molecular flexibility index (Phi) is 4.34. The summed E-state index contributed by atoms with van der Waals surface area (Å²) in [7, 11) is 0. The van der Waals surface area contributed by atoms with Gasteiger partial charge in [-0.2, -0.15) is 0 Å². The number of nitrogens with zero attached hydrogens (tertiary/aromatic N) is 2. The molecule has 0 aliphatic carbocycles. The van der Waals surface area contributed by atoms with Gasteiger partial charge < -0.3 is 19.8 Å². The summed E-state index contributed by atoms with van der Waals surface area (Å²) in [5.74, 6) is -3.63. The number of aromatic hydroxyl groups is 3. The molecule has 3 N–H and O–H groups in total. The molecule has 0 radical (unpaired) electrons. The molecule has 0 amide bonds. The maximum Gasteiger partial charge on any atom is 0.333 e. The Labute approximate surface area is 153 Å². The minimum atomic E-state index is -1.09. The lowest BCUT2D eigenvalue weighted by molar-refractivity contribution is -0.385. The first kappa shape index (κ1) is 17.8. The number of nitro benzene ring substituents is 1. The van der Waals surface area contributed by atoms with E-state index in [0.717, 1.165) is 12.1 Å². The zero-order valence-electron chi connectivity index (χ0n) is 12.4. The van der Waals surface area contributed by atoms with Gasteiger partial charge in [-0.05, 0) is 18.2 Å². The van der Waals surface area contributed by atoms with Crippen molar-refractivity contribution in [1.82, 2.24) is 5.16 Å². The highest BCUT2D eigenvalue weighted by Crippen LogP contribution is 2.52. The second-order valence-corrected chi connectivity index (χ2v) is 5.80. The molecular formula is C15H7Cl2FN2O6. The number of nitro groups is 1. The lowest BCUT2D eigenvalue weighted by Gasteiger charge is -2.08. The molecule has 26 heavy (non-hydrogen) atoms. The van der Waals surface area contributed by atoms with Crippen LogP contribution in [-0.4, -0.2) is 25.4 Å². The van der Waals surface area contributed by atoms with Crippen molar-refractivity contribution < 1.29 is 29.2 Å². The summed E-state index contributed by atoms with van der Waals surface area (Å²) in [6.07, 6.45) is 0. The molecule has 0 unspecified atom stereocenters. The van der Waals surface area contributed by atoms with Crippen molar-refractivity contribution in [3.8, 4) is 39.8 Å². The summed E-state index contributed by atoms with van der Waals surface area (Å²) in [4.78, 5) is 10.1. The van der Waals surface area contributed by atoms with Crippen LogP contribution in [0.2, 0.25) is 10.0 Å². The maximum atomic E-state index is 13.1. The third-order valence-electron chi connectivity index (χ3n) is 3.48. The van der Waals surface area contributed by atoms with Crippen LogP contribution < -0.4 is 0 Å². The van der Waals surface area contributed by atoms with E-state index in [4.69, 9.17) is 27.7 Å². The fraction of sp³-hybridized carbons (Fsp3) is 0. The molecular weight excluding hydrogens is 394 g/mol. The monoisotopic (exact) mass is 400 g/mol. The van der Waals surface area contributed by atoms with Crippen molar-refractivity contribution in [3.63, 3.8) is 0 Å². The number of benzene rings is 2. The van der Waals surface area contributed by atoms with Gasteiger partial charge in [0.15, 0.2) is 23.1 Å². The number of hydrogen-bond donors (Lipinski definition) is 3. The van der Waals surface area contributed by atoms with Crippen molar-refractivity contribution in [2.24, 2.45) is 0 Å². The van der Waals surface area contributed by atoms with Crippen LogP contribution in [0.3, 0.4) is 0 Å². The Bertz CT molecular complexity index is 1050. The Morgan fingerprint density at radius 2 is 1.81 bits per heavy atom. The van der Waals surface area contributed by atoms with E-state index in [1.54, 1.807) is 0 Å². The standard InChI is InChI=1S/C15H7Cl2FN2O6/c16-11-10(12(17)14(22)15(23)13(11)20(24)25)9-4-7(19-26-9)5-1-2-6(18)8(21)3-5/h1-4,21-23H. The van der Waals surface area contributed by atoms with E-state index in [1.165, 1.54) is 12.1 Å². The number of phenolic OH excluding ortho intramolecular Hbond substituents is 3. The SMILES string of the molecule is O=[N+]([O-])c1c(O)c(O)c(Cl)c(-c2cc(-c3ccc(F)c(O)c3)no2)c1Cl. The first-order valence-electron chi connectivity index (χ1n) is 6.75. The van der Waals surface area contributed by atoms with Gasteiger partial charge in [-0.15, -0.1) is 0 Å². The molecule has 0 aliphatic heterocycles. The Morgan fingerprint density at radius 3 is 2.42 bits per heavy atom. The van der Waals surface area contributed by atoms with Crippen LogP contribution >= 0.6 is 23.2 Å². The van der Waals surface area contributed by atoms with E-state index in [1.807, 2.05) is 0 Å². The Balaban J connectivity index is 2.18. The van der Waals surface area contributed by atoms with E-state index in [0.29, 0.717) is 0 Å². The zero-order chi connectivity index (χ0) is 19.2. The average molecular weight is 401 g/mol. The van der Waals surface area contributed by atoms with Crippen molar-refractivity contribution in [2.75, 3.05) is 0 Å². The zero-order valence-corrected chi connectivity index (χ0v) is 13.9. The molecule has 2 aromatic carbocycles. The number of aromatic nitrogens is 1. The topological polar surface area (TPSA) is 130 Å². The van der Waals surface area contributed by atoms with Gasteiger partial charge in [-0.1, -0.05) is 28.4 Å².